The van der Waals surface area contributed by atoms with E-state index in [9.17, 15) is 9.59 Å². The van der Waals surface area contributed by atoms with Gasteiger partial charge >= 0.3 is 0 Å². The lowest BCUT2D eigenvalue weighted by Gasteiger charge is -2.20. The number of aryl methyl sites for hydroxylation is 1. The fourth-order valence-corrected chi connectivity index (χ4v) is 3.31. The highest BCUT2D eigenvalue weighted by Gasteiger charge is 2.22. The monoisotopic (exact) mass is 346 g/mol. The van der Waals surface area contributed by atoms with Gasteiger partial charge in [-0.15, -0.1) is 0 Å². The molecule has 130 valence electrons. The van der Waals surface area contributed by atoms with Crippen LogP contribution >= 0.6 is 0 Å². The van der Waals surface area contributed by atoms with Gasteiger partial charge in [0.25, 0.3) is 5.91 Å². The van der Waals surface area contributed by atoms with Gasteiger partial charge in [0.1, 0.15) is 5.69 Å². The molecule has 1 aliphatic heterocycles. The van der Waals surface area contributed by atoms with Crippen molar-refractivity contribution in [3.8, 4) is 0 Å². The van der Waals surface area contributed by atoms with E-state index in [0.717, 1.165) is 29.5 Å². The maximum absolute atomic E-state index is 12.9. The molecule has 0 unspecified atom stereocenters. The number of hydrogen-bond donors (Lipinski definition) is 1. The summed E-state index contributed by atoms with van der Waals surface area (Å²) < 4.78 is 0. The number of nitrogens with zero attached hydrogens (tertiary/aromatic N) is 3. The van der Waals surface area contributed by atoms with Crippen molar-refractivity contribution in [2.24, 2.45) is 5.73 Å². The predicted molar refractivity (Wildman–Crippen MR) is 97.6 cm³/mol. The Morgan fingerprint density at radius 3 is 2.65 bits per heavy atom. The smallest absolute Gasteiger partial charge is 0.274 e. The number of aromatic nitrogens is 2. The molecule has 26 heavy (non-hydrogen) atoms. The van der Waals surface area contributed by atoms with Crippen molar-refractivity contribution in [3.63, 3.8) is 0 Å². The Labute approximate surface area is 150 Å². The first-order chi connectivity index (χ1) is 12.6. The molecule has 0 saturated heterocycles. The summed E-state index contributed by atoms with van der Waals surface area (Å²) in [6.07, 6.45) is 3.16. The van der Waals surface area contributed by atoms with Gasteiger partial charge in [-0.1, -0.05) is 18.2 Å². The first-order valence-corrected chi connectivity index (χ1v) is 8.54. The summed E-state index contributed by atoms with van der Waals surface area (Å²) >= 11 is 0. The zero-order valence-corrected chi connectivity index (χ0v) is 14.2. The Morgan fingerprint density at radius 2 is 1.85 bits per heavy atom. The van der Waals surface area contributed by atoms with E-state index in [1.54, 1.807) is 11.0 Å². The lowest BCUT2D eigenvalue weighted by atomic mass is 10.0. The number of hydrogen-bond acceptors (Lipinski definition) is 4. The van der Waals surface area contributed by atoms with E-state index in [-0.39, 0.29) is 5.91 Å². The zero-order valence-electron chi connectivity index (χ0n) is 14.2. The van der Waals surface area contributed by atoms with Crippen LogP contribution in [0.5, 0.6) is 0 Å². The lowest BCUT2D eigenvalue weighted by molar-refractivity contribution is 0.0739. The highest BCUT2D eigenvalue weighted by Crippen LogP contribution is 2.21. The predicted octanol–water partition coefficient (Wildman–Crippen LogP) is 2.32. The Balaban J connectivity index is 1.62. The minimum absolute atomic E-state index is 0.130. The number of primary amides is 1. The quantitative estimate of drug-likeness (QED) is 0.771. The summed E-state index contributed by atoms with van der Waals surface area (Å²) in [4.78, 5) is 34.9. The number of fused-ring (bicyclic) bond motifs is 2. The molecule has 0 bridgehead atoms. The Kier molecular flexibility index (Phi) is 4.08. The van der Waals surface area contributed by atoms with Crippen LogP contribution in [0.4, 0.5) is 0 Å². The minimum Gasteiger partial charge on any atom is -0.366 e. The van der Waals surface area contributed by atoms with E-state index in [1.165, 1.54) is 6.20 Å². The average Bonchev–Trinajstić information content (AvgIpc) is 2.88. The molecule has 0 aliphatic carbocycles. The molecule has 3 aromatic rings. The third-order valence-corrected chi connectivity index (χ3v) is 4.68. The van der Waals surface area contributed by atoms with Crippen LogP contribution in [0, 0.1) is 0 Å². The van der Waals surface area contributed by atoms with E-state index in [4.69, 9.17) is 5.73 Å². The summed E-state index contributed by atoms with van der Waals surface area (Å²) in [5.41, 5.74) is 9.80. The van der Waals surface area contributed by atoms with Crippen molar-refractivity contribution in [3.05, 3.63) is 71.0 Å². The largest absolute Gasteiger partial charge is 0.366 e. The summed E-state index contributed by atoms with van der Waals surface area (Å²) in [5.74, 6) is -0.563. The van der Waals surface area contributed by atoms with E-state index in [0.29, 0.717) is 29.9 Å². The summed E-state index contributed by atoms with van der Waals surface area (Å²) in [6.45, 7) is 1.12. The van der Waals surface area contributed by atoms with E-state index in [1.807, 2.05) is 36.4 Å². The van der Waals surface area contributed by atoms with Crippen LogP contribution < -0.4 is 5.73 Å². The van der Waals surface area contributed by atoms with Crippen LogP contribution in [0.25, 0.3) is 11.0 Å². The summed E-state index contributed by atoms with van der Waals surface area (Å²) in [7, 11) is 0. The number of para-hydroxylation sites is 2. The number of rotatable bonds is 2. The Morgan fingerprint density at radius 1 is 1.04 bits per heavy atom. The number of carbonyl (C=O) groups is 2. The van der Waals surface area contributed by atoms with Crippen molar-refractivity contribution in [1.82, 2.24) is 14.9 Å². The van der Waals surface area contributed by atoms with Gasteiger partial charge in [-0.05, 0) is 48.2 Å². The van der Waals surface area contributed by atoms with E-state index >= 15 is 0 Å². The number of carbonyl (C=O) groups excluding carboxylic acids is 2. The first kappa shape index (κ1) is 16.2. The number of nitrogens with two attached hydrogens (primary N) is 1. The molecule has 1 aliphatic rings. The average molecular weight is 346 g/mol. The van der Waals surface area contributed by atoms with Crippen molar-refractivity contribution in [1.29, 1.82) is 0 Å². The summed E-state index contributed by atoms with van der Waals surface area (Å²) in [5, 5.41) is 0. The molecule has 2 amide bonds. The minimum atomic E-state index is -0.434. The third-order valence-electron chi connectivity index (χ3n) is 4.68. The molecule has 0 atom stereocenters. The maximum atomic E-state index is 12.9. The van der Waals surface area contributed by atoms with Crippen LogP contribution in [-0.2, 0) is 13.0 Å². The molecule has 2 heterocycles. The van der Waals surface area contributed by atoms with E-state index < -0.39 is 5.91 Å². The highest BCUT2D eigenvalue weighted by atomic mass is 16.2. The fraction of sp³-hybridized carbons (Fsp3) is 0.200. The molecule has 2 N–H and O–H groups in total. The van der Waals surface area contributed by atoms with Gasteiger partial charge in [0, 0.05) is 18.7 Å². The number of amides is 2. The molecule has 6 heteroatoms. The van der Waals surface area contributed by atoms with Gasteiger partial charge < -0.3 is 10.6 Å². The van der Waals surface area contributed by atoms with Crippen LogP contribution in [0.3, 0.4) is 0 Å². The van der Waals surface area contributed by atoms with Gasteiger partial charge in [0.2, 0.25) is 5.91 Å². The van der Waals surface area contributed by atoms with Gasteiger partial charge in [-0.2, -0.15) is 0 Å². The lowest BCUT2D eigenvalue weighted by Crippen LogP contribution is -2.31. The van der Waals surface area contributed by atoms with Crippen LogP contribution in [0.1, 0.15) is 38.4 Å². The second-order valence-electron chi connectivity index (χ2n) is 6.42. The van der Waals surface area contributed by atoms with Crippen molar-refractivity contribution in [2.45, 2.75) is 19.4 Å². The van der Waals surface area contributed by atoms with Crippen molar-refractivity contribution >= 4 is 22.8 Å². The molecule has 0 radical (unpaired) electrons. The molecule has 0 saturated carbocycles. The molecule has 1 aromatic heterocycles. The second kappa shape index (κ2) is 6.55. The van der Waals surface area contributed by atoms with Crippen LogP contribution in [0.2, 0.25) is 0 Å². The Bertz CT molecular complexity index is 1020. The van der Waals surface area contributed by atoms with Crippen molar-refractivity contribution < 1.29 is 9.59 Å². The summed E-state index contributed by atoms with van der Waals surface area (Å²) in [6, 6.07) is 12.9. The van der Waals surface area contributed by atoms with Crippen LogP contribution in [-0.4, -0.2) is 33.2 Å². The maximum Gasteiger partial charge on any atom is 0.274 e. The molecule has 0 fully saturated rings. The molecular formula is C20H18N4O2. The highest BCUT2D eigenvalue weighted by molar-refractivity contribution is 5.94. The third kappa shape index (κ3) is 3.01. The topological polar surface area (TPSA) is 89.2 Å². The molecule has 4 rings (SSSR count). The molecule has 6 nitrogen and oxygen atoms in total. The second-order valence-corrected chi connectivity index (χ2v) is 6.42. The van der Waals surface area contributed by atoms with Gasteiger partial charge in [0.05, 0.1) is 17.2 Å². The van der Waals surface area contributed by atoms with Gasteiger partial charge in [-0.3, -0.25) is 14.6 Å². The Hall–Kier alpha value is -3.28. The van der Waals surface area contributed by atoms with Crippen molar-refractivity contribution in [2.75, 3.05) is 6.54 Å². The normalized spacial score (nSPS) is 13.9. The van der Waals surface area contributed by atoms with E-state index in [2.05, 4.69) is 9.97 Å². The van der Waals surface area contributed by atoms with Gasteiger partial charge in [-0.25, -0.2) is 4.98 Å². The molecule has 0 spiro atoms. The zero-order chi connectivity index (χ0) is 18.1. The fourth-order valence-electron chi connectivity index (χ4n) is 3.31. The van der Waals surface area contributed by atoms with Gasteiger partial charge in [0.15, 0.2) is 0 Å². The molecular weight excluding hydrogens is 328 g/mol. The molecule has 2 aromatic carbocycles. The standard InChI is InChI=1S/C20H18N4O2/c21-19(25)14-7-8-15-12-24(9-3-4-13(15)10-14)20(26)18-11-22-16-5-1-2-6-17(16)23-18/h1-2,5-8,10-11H,3-4,9,12H2,(H2,21,25). The SMILES string of the molecule is NC(=O)c1ccc2c(c1)CCCN(C(=O)c1cnc3ccccc3n1)C2. The first-order valence-electron chi connectivity index (χ1n) is 8.54. The van der Waals surface area contributed by atoms with Crippen LogP contribution in [0.15, 0.2) is 48.7 Å². The number of benzene rings is 2.